The van der Waals surface area contributed by atoms with Crippen LogP contribution in [-0.4, -0.2) is 12.5 Å². The van der Waals surface area contributed by atoms with E-state index < -0.39 is 0 Å². The van der Waals surface area contributed by atoms with E-state index in [9.17, 15) is 4.79 Å². The Kier molecular flexibility index (Phi) is 7.63. The van der Waals surface area contributed by atoms with Crippen molar-refractivity contribution in [3.63, 3.8) is 0 Å². The van der Waals surface area contributed by atoms with E-state index in [1.165, 1.54) is 11.1 Å². The third kappa shape index (κ3) is 5.49. The van der Waals surface area contributed by atoms with Gasteiger partial charge in [-0.3, -0.25) is 4.79 Å². The maximum atomic E-state index is 13.4. The Balaban J connectivity index is 1.87. The van der Waals surface area contributed by atoms with Crippen LogP contribution in [0.15, 0.2) is 78.9 Å². The van der Waals surface area contributed by atoms with Gasteiger partial charge in [-0.2, -0.15) is 0 Å². The quantitative estimate of drug-likeness (QED) is 0.540. The van der Waals surface area contributed by atoms with Crippen LogP contribution in [0, 0.1) is 6.92 Å². The molecule has 0 radical (unpaired) electrons. The first-order chi connectivity index (χ1) is 14.6. The van der Waals surface area contributed by atoms with Crippen molar-refractivity contribution in [2.75, 3.05) is 11.9 Å². The summed E-state index contributed by atoms with van der Waals surface area (Å²) in [7, 11) is 0. The molecule has 0 aliphatic rings. The fourth-order valence-electron chi connectivity index (χ4n) is 3.60. The molecule has 0 fully saturated rings. The van der Waals surface area contributed by atoms with E-state index in [4.69, 9.17) is 4.74 Å². The molecule has 1 amide bonds. The molecule has 0 bridgehead atoms. The lowest BCUT2D eigenvalue weighted by Crippen LogP contribution is -2.88. The summed E-state index contributed by atoms with van der Waals surface area (Å²) in [4.78, 5) is 13.4. The van der Waals surface area contributed by atoms with Gasteiger partial charge in [0, 0.05) is 17.5 Å². The van der Waals surface area contributed by atoms with E-state index in [2.05, 4.69) is 48.7 Å². The van der Waals surface area contributed by atoms with Crippen LogP contribution >= 0.6 is 0 Å². The minimum absolute atomic E-state index is 0.0566. The van der Waals surface area contributed by atoms with Gasteiger partial charge >= 0.3 is 0 Å². The van der Waals surface area contributed by atoms with Gasteiger partial charge in [0.15, 0.2) is 6.04 Å². The summed E-state index contributed by atoms with van der Waals surface area (Å²) < 4.78 is 5.68. The predicted octanol–water partition coefficient (Wildman–Crippen LogP) is 4.79. The lowest BCUT2D eigenvalue weighted by Gasteiger charge is -2.22. The second-order valence-electron chi connectivity index (χ2n) is 7.42. The molecule has 30 heavy (non-hydrogen) atoms. The number of nitrogens with one attached hydrogen (secondary N) is 1. The predicted molar refractivity (Wildman–Crippen MR) is 122 cm³/mol. The highest BCUT2D eigenvalue weighted by Gasteiger charge is 2.28. The highest BCUT2D eigenvalue weighted by Crippen LogP contribution is 2.25. The number of nitrogens with two attached hydrogens (primary N) is 1. The average Bonchev–Trinajstić information content (AvgIpc) is 2.77. The fourth-order valence-corrected chi connectivity index (χ4v) is 3.60. The molecular weight excluding hydrogens is 372 g/mol. The van der Waals surface area contributed by atoms with Crippen LogP contribution in [0.5, 0.6) is 5.75 Å². The molecule has 3 rings (SSSR count). The Labute approximate surface area is 179 Å². The summed E-state index contributed by atoms with van der Waals surface area (Å²) >= 11 is 0. The summed E-state index contributed by atoms with van der Waals surface area (Å²) in [5.41, 5.74) is 4.14. The number of carbonyl (C=O) groups excluding carboxylic acids is 1. The number of carbonyl (C=O) groups is 1. The molecule has 0 heterocycles. The third-order valence-electron chi connectivity index (χ3n) is 5.26. The first-order valence-electron chi connectivity index (χ1n) is 10.6. The molecular formula is C26H31N2O2+. The van der Waals surface area contributed by atoms with Gasteiger partial charge in [-0.25, -0.2) is 0 Å². The summed E-state index contributed by atoms with van der Waals surface area (Å²) in [5.74, 6) is 0.629. The first kappa shape index (κ1) is 21.6. The maximum Gasteiger partial charge on any atom is 0.287 e. The van der Waals surface area contributed by atoms with Gasteiger partial charge in [-0.1, -0.05) is 79.2 Å². The molecule has 3 N–H and O–H groups in total. The zero-order valence-corrected chi connectivity index (χ0v) is 18.0. The molecule has 3 aromatic carbocycles. The molecule has 2 atom stereocenters. The van der Waals surface area contributed by atoms with Gasteiger partial charge < -0.3 is 15.4 Å². The number of ether oxygens (including phenoxy) is 1. The van der Waals surface area contributed by atoms with Crippen molar-refractivity contribution in [1.29, 1.82) is 0 Å². The van der Waals surface area contributed by atoms with Gasteiger partial charge in [-0.15, -0.1) is 0 Å². The number of hydrogen-bond donors (Lipinski definition) is 2. The molecule has 0 aliphatic carbocycles. The Morgan fingerprint density at radius 2 is 1.57 bits per heavy atom. The van der Waals surface area contributed by atoms with Gasteiger partial charge in [-0.05, 0) is 26.0 Å². The molecule has 156 valence electrons. The lowest BCUT2D eigenvalue weighted by atomic mass is 9.99. The number of anilines is 1. The van der Waals surface area contributed by atoms with E-state index in [0.29, 0.717) is 18.0 Å². The highest BCUT2D eigenvalue weighted by molar-refractivity contribution is 5.95. The molecule has 0 saturated heterocycles. The monoisotopic (exact) mass is 403 g/mol. The normalized spacial score (nSPS) is 12.8. The topological polar surface area (TPSA) is 54.9 Å². The Morgan fingerprint density at radius 1 is 0.900 bits per heavy atom. The van der Waals surface area contributed by atoms with Crippen molar-refractivity contribution in [3.8, 4) is 5.75 Å². The molecule has 3 aromatic rings. The van der Waals surface area contributed by atoms with Crippen LogP contribution in [0.1, 0.15) is 49.0 Å². The van der Waals surface area contributed by atoms with E-state index in [1.54, 1.807) is 0 Å². The minimum Gasteiger partial charge on any atom is -0.492 e. The number of rotatable bonds is 9. The SMILES string of the molecule is CCOc1ccccc1NC(=O)[C@H]([NH2+][C@H](CC)c1ccc(C)cc1)c1ccccc1. The molecule has 0 spiro atoms. The van der Waals surface area contributed by atoms with Crippen LogP contribution in [0.3, 0.4) is 0 Å². The summed E-state index contributed by atoms with van der Waals surface area (Å²) in [5, 5.41) is 5.25. The number of aryl methyl sites for hydroxylation is 1. The van der Waals surface area contributed by atoms with Crippen molar-refractivity contribution in [2.24, 2.45) is 0 Å². The largest absolute Gasteiger partial charge is 0.492 e. The van der Waals surface area contributed by atoms with E-state index in [0.717, 1.165) is 12.0 Å². The maximum absolute atomic E-state index is 13.4. The second kappa shape index (κ2) is 10.6. The molecule has 0 saturated carbocycles. The summed E-state index contributed by atoms with van der Waals surface area (Å²) in [6.45, 7) is 6.73. The zero-order valence-electron chi connectivity index (χ0n) is 18.0. The van der Waals surface area contributed by atoms with Crippen LogP contribution < -0.4 is 15.4 Å². The third-order valence-corrected chi connectivity index (χ3v) is 5.26. The smallest absolute Gasteiger partial charge is 0.287 e. The Bertz CT molecular complexity index is 939. The number of para-hydroxylation sites is 2. The number of hydrogen-bond acceptors (Lipinski definition) is 2. The highest BCUT2D eigenvalue weighted by atomic mass is 16.5. The lowest BCUT2D eigenvalue weighted by molar-refractivity contribution is -0.722. The van der Waals surface area contributed by atoms with Crippen molar-refractivity contribution >= 4 is 11.6 Å². The standard InChI is InChI=1S/C26H30N2O2/c1-4-22(20-17-15-19(3)16-18-20)27-25(21-11-7-6-8-12-21)26(29)28-23-13-9-10-14-24(23)30-5-2/h6-18,22,25,27H,4-5H2,1-3H3,(H,28,29)/p+1/t22-,25-/m1/s1. The van der Waals surface area contributed by atoms with Crippen molar-refractivity contribution < 1.29 is 14.8 Å². The van der Waals surface area contributed by atoms with Crippen molar-refractivity contribution in [2.45, 2.75) is 39.3 Å². The second-order valence-corrected chi connectivity index (χ2v) is 7.42. The van der Waals surface area contributed by atoms with Gasteiger partial charge in [0.1, 0.15) is 11.8 Å². The summed E-state index contributed by atoms with van der Waals surface area (Å²) in [6.07, 6.45) is 0.926. The Hall–Kier alpha value is -3.11. The zero-order chi connectivity index (χ0) is 21.3. The van der Waals surface area contributed by atoms with Crippen LogP contribution in [0.4, 0.5) is 5.69 Å². The van der Waals surface area contributed by atoms with Crippen molar-refractivity contribution in [3.05, 3.63) is 95.6 Å². The van der Waals surface area contributed by atoms with Crippen LogP contribution in [0.2, 0.25) is 0 Å². The van der Waals surface area contributed by atoms with E-state index in [1.807, 2.05) is 61.5 Å². The number of benzene rings is 3. The number of amides is 1. The fraction of sp³-hybridized carbons (Fsp3) is 0.269. The minimum atomic E-state index is -0.368. The van der Waals surface area contributed by atoms with Crippen LogP contribution in [-0.2, 0) is 4.79 Å². The molecule has 0 unspecified atom stereocenters. The van der Waals surface area contributed by atoms with Crippen LogP contribution in [0.25, 0.3) is 0 Å². The van der Waals surface area contributed by atoms with Gasteiger partial charge in [0.2, 0.25) is 0 Å². The van der Waals surface area contributed by atoms with Gasteiger partial charge in [0.05, 0.1) is 12.3 Å². The van der Waals surface area contributed by atoms with Crippen molar-refractivity contribution in [1.82, 2.24) is 0 Å². The first-order valence-corrected chi connectivity index (χ1v) is 10.6. The summed E-state index contributed by atoms with van der Waals surface area (Å²) in [6, 6.07) is 25.9. The van der Waals surface area contributed by atoms with E-state index in [-0.39, 0.29) is 18.0 Å². The molecule has 4 heteroatoms. The molecule has 0 aromatic heterocycles. The van der Waals surface area contributed by atoms with Gasteiger partial charge in [0.25, 0.3) is 5.91 Å². The Morgan fingerprint density at radius 3 is 2.23 bits per heavy atom. The molecule has 0 aliphatic heterocycles. The number of quaternary nitrogens is 1. The molecule has 4 nitrogen and oxygen atoms in total. The van der Waals surface area contributed by atoms with E-state index >= 15 is 0 Å². The average molecular weight is 404 g/mol.